The Kier molecular flexibility index (Phi) is 8.23. The number of sulfonamides is 1. The number of nitrogens with one attached hydrogen (secondary N) is 1. The van der Waals surface area contributed by atoms with Gasteiger partial charge < -0.3 is 5.32 Å². The second-order valence-corrected chi connectivity index (χ2v) is 9.80. The van der Waals surface area contributed by atoms with Crippen LogP contribution in [0.3, 0.4) is 0 Å². The van der Waals surface area contributed by atoms with Crippen molar-refractivity contribution in [1.29, 1.82) is 0 Å². The topological polar surface area (TPSA) is 99.2 Å². The standard InChI is InChI=1S/C23H27ClN4O4S/c1-3-27(4-2)33(31,32)18-10-11-19(24)21(16-18)25-22(29)12-13-23(30)28-15-14-20(26-28)17-8-6-5-7-9-17/h5-11,16H,3-4,12-15H2,1-2H3,(H,25,29). The molecule has 3 rings (SSSR count). The number of nitrogens with zero attached hydrogens (tertiary/aromatic N) is 3. The van der Waals surface area contributed by atoms with E-state index in [1.807, 2.05) is 30.3 Å². The summed E-state index contributed by atoms with van der Waals surface area (Å²) in [7, 11) is -3.69. The fraction of sp³-hybridized carbons (Fsp3) is 0.348. The third kappa shape index (κ3) is 5.98. The van der Waals surface area contributed by atoms with Crippen molar-refractivity contribution in [2.24, 2.45) is 5.10 Å². The molecule has 0 aliphatic carbocycles. The third-order valence-corrected chi connectivity index (χ3v) is 7.69. The highest BCUT2D eigenvalue weighted by Gasteiger charge is 2.24. The van der Waals surface area contributed by atoms with Gasteiger partial charge >= 0.3 is 0 Å². The van der Waals surface area contributed by atoms with Crippen LogP contribution < -0.4 is 5.32 Å². The highest BCUT2D eigenvalue weighted by molar-refractivity contribution is 7.89. The summed E-state index contributed by atoms with van der Waals surface area (Å²) < 4.78 is 26.8. The van der Waals surface area contributed by atoms with Gasteiger partial charge in [0.25, 0.3) is 0 Å². The molecule has 1 heterocycles. The van der Waals surface area contributed by atoms with Crippen LogP contribution in [0.1, 0.15) is 38.7 Å². The van der Waals surface area contributed by atoms with Gasteiger partial charge in [-0.1, -0.05) is 55.8 Å². The zero-order chi connectivity index (χ0) is 24.0. The molecule has 0 saturated heterocycles. The number of carbonyl (C=O) groups excluding carboxylic acids is 2. The smallest absolute Gasteiger partial charge is 0.243 e. The lowest BCUT2D eigenvalue weighted by molar-refractivity contribution is -0.132. The van der Waals surface area contributed by atoms with Crippen LogP contribution in [0, 0.1) is 0 Å². The minimum atomic E-state index is -3.69. The number of hydrogen-bond acceptors (Lipinski definition) is 5. The summed E-state index contributed by atoms with van der Waals surface area (Å²) in [6, 6.07) is 13.8. The molecule has 10 heteroatoms. The predicted octanol–water partition coefficient (Wildman–Crippen LogP) is 3.73. The lowest BCUT2D eigenvalue weighted by Crippen LogP contribution is -2.30. The molecule has 0 fully saturated rings. The van der Waals surface area contributed by atoms with E-state index in [0.29, 0.717) is 26.1 Å². The number of hydrogen-bond donors (Lipinski definition) is 1. The maximum Gasteiger partial charge on any atom is 0.243 e. The Hall–Kier alpha value is -2.75. The number of amides is 2. The molecule has 1 N–H and O–H groups in total. The van der Waals surface area contributed by atoms with Crippen LogP contribution in [0.4, 0.5) is 5.69 Å². The molecule has 0 spiro atoms. The van der Waals surface area contributed by atoms with Gasteiger partial charge in [0.15, 0.2) is 0 Å². The molecule has 0 bridgehead atoms. The molecule has 0 unspecified atom stereocenters. The van der Waals surface area contributed by atoms with Crippen LogP contribution in [0.25, 0.3) is 0 Å². The highest BCUT2D eigenvalue weighted by atomic mass is 35.5. The van der Waals surface area contributed by atoms with Gasteiger partial charge in [0.1, 0.15) is 0 Å². The Labute approximate surface area is 199 Å². The van der Waals surface area contributed by atoms with Crippen molar-refractivity contribution in [3.63, 3.8) is 0 Å². The van der Waals surface area contributed by atoms with Crippen LogP contribution in [-0.4, -0.2) is 54.9 Å². The van der Waals surface area contributed by atoms with Crippen molar-refractivity contribution in [2.45, 2.75) is 38.0 Å². The van der Waals surface area contributed by atoms with Crippen molar-refractivity contribution < 1.29 is 18.0 Å². The molecule has 176 valence electrons. The maximum atomic E-state index is 12.7. The van der Waals surface area contributed by atoms with Gasteiger partial charge in [-0.3, -0.25) is 9.59 Å². The third-order valence-electron chi connectivity index (χ3n) is 5.32. The average molecular weight is 491 g/mol. The molecule has 2 aromatic rings. The number of benzene rings is 2. The molecule has 0 atom stereocenters. The predicted molar refractivity (Wildman–Crippen MR) is 129 cm³/mol. The maximum absolute atomic E-state index is 12.7. The van der Waals surface area contributed by atoms with E-state index in [-0.39, 0.29) is 34.4 Å². The van der Waals surface area contributed by atoms with Gasteiger partial charge in [0.05, 0.1) is 27.9 Å². The summed E-state index contributed by atoms with van der Waals surface area (Å²) in [5, 5.41) is 8.60. The Morgan fingerprint density at radius 3 is 2.45 bits per heavy atom. The molecular weight excluding hydrogens is 464 g/mol. The summed E-state index contributed by atoms with van der Waals surface area (Å²) in [6.45, 7) is 4.64. The fourth-order valence-corrected chi connectivity index (χ4v) is 5.16. The molecule has 1 aliphatic rings. The van der Waals surface area contributed by atoms with Crippen LogP contribution in [-0.2, 0) is 19.6 Å². The number of rotatable bonds is 9. The zero-order valence-electron chi connectivity index (χ0n) is 18.6. The van der Waals surface area contributed by atoms with E-state index < -0.39 is 15.9 Å². The van der Waals surface area contributed by atoms with Gasteiger partial charge in [0.2, 0.25) is 21.8 Å². The Morgan fingerprint density at radius 1 is 1.09 bits per heavy atom. The Morgan fingerprint density at radius 2 is 1.79 bits per heavy atom. The monoisotopic (exact) mass is 490 g/mol. The summed E-state index contributed by atoms with van der Waals surface area (Å²) in [4.78, 5) is 25.0. The highest BCUT2D eigenvalue weighted by Crippen LogP contribution is 2.27. The van der Waals surface area contributed by atoms with E-state index in [4.69, 9.17) is 11.6 Å². The minimum absolute atomic E-state index is 0.0214. The van der Waals surface area contributed by atoms with Crippen molar-refractivity contribution in [2.75, 3.05) is 25.0 Å². The first-order valence-electron chi connectivity index (χ1n) is 10.8. The van der Waals surface area contributed by atoms with E-state index in [2.05, 4.69) is 10.4 Å². The molecule has 1 aliphatic heterocycles. The van der Waals surface area contributed by atoms with Gasteiger partial charge in [-0.05, 0) is 23.8 Å². The van der Waals surface area contributed by atoms with Crippen LogP contribution >= 0.6 is 11.6 Å². The molecule has 2 amide bonds. The number of carbonyl (C=O) groups is 2. The Balaban J connectivity index is 1.61. The summed E-state index contributed by atoms with van der Waals surface area (Å²) in [5.41, 5.74) is 2.00. The van der Waals surface area contributed by atoms with E-state index in [0.717, 1.165) is 11.3 Å². The van der Waals surface area contributed by atoms with Gasteiger partial charge in [-0.25, -0.2) is 13.4 Å². The van der Waals surface area contributed by atoms with Gasteiger partial charge in [-0.2, -0.15) is 9.41 Å². The van der Waals surface area contributed by atoms with Gasteiger partial charge in [0, 0.05) is 32.4 Å². The summed E-state index contributed by atoms with van der Waals surface area (Å²) in [5.74, 6) is -0.686. The van der Waals surface area contributed by atoms with E-state index in [1.165, 1.54) is 27.5 Å². The van der Waals surface area contributed by atoms with Gasteiger partial charge in [-0.15, -0.1) is 0 Å². The molecule has 2 aromatic carbocycles. The Bertz CT molecular complexity index is 1150. The number of halogens is 1. The second-order valence-electron chi connectivity index (χ2n) is 7.46. The lowest BCUT2D eigenvalue weighted by Gasteiger charge is -2.19. The van der Waals surface area contributed by atoms with E-state index >= 15 is 0 Å². The van der Waals surface area contributed by atoms with Crippen LogP contribution in [0.2, 0.25) is 5.02 Å². The summed E-state index contributed by atoms with van der Waals surface area (Å²) in [6.07, 6.45) is 0.562. The van der Waals surface area contributed by atoms with E-state index in [9.17, 15) is 18.0 Å². The molecule has 8 nitrogen and oxygen atoms in total. The summed E-state index contributed by atoms with van der Waals surface area (Å²) >= 11 is 6.16. The minimum Gasteiger partial charge on any atom is -0.325 e. The van der Waals surface area contributed by atoms with E-state index in [1.54, 1.807) is 13.8 Å². The first-order valence-corrected chi connectivity index (χ1v) is 12.6. The molecule has 0 saturated carbocycles. The average Bonchev–Trinajstić information content (AvgIpc) is 3.30. The second kappa shape index (κ2) is 10.9. The SMILES string of the molecule is CCN(CC)S(=O)(=O)c1ccc(Cl)c(NC(=O)CCC(=O)N2CCC(c3ccccc3)=N2)c1. The first kappa shape index (κ1) is 24.9. The molecule has 0 aromatic heterocycles. The van der Waals surface area contributed by atoms with Crippen molar-refractivity contribution in [3.05, 3.63) is 59.1 Å². The fourth-order valence-electron chi connectivity index (χ4n) is 3.51. The number of hydrazone groups is 1. The van der Waals surface area contributed by atoms with Crippen molar-refractivity contribution in [1.82, 2.24) is 9.31 Å². The van der Waals surface area contributed by atoms with Crippen molar-refractivity contribution in [3.8, 4) is 0 Å². The van der Waals surface area contributed by atoms with Crippen LogP contribution in [0.15, 0.2) is 58.5 Å². The number of anilines is 1. The molecule has 33 heavy (non-hydrogen) atoms. The quantitative estimate of drug-likeness (QED) is 0.579. The largest absolute Gasteiger partial charge is 0.325 e. The molecule has 0 radical (unpaired) electrons. The zero-order valence-corrected chi connectivity index (χ0v) is 20.2. The normalized spacial score (nSPS) is 13.8. The van der Waals surface area contributed by atoms with Crippen LogP contribution in [0.5, 0.6) is 0 Å². The molecular formula is C23H27ClN4O4S. The van der Waals surface area contributed by atoms with Crippen molar-refractivity contribution >= 4 is 44.8 Å². The first-order chi connectivity index (χ1) is 15.8. The lowest BCUT2D eigenvalue weighted by atomic mass is 10.1.